The molecule has 0 aliphatic rings. The van der Waals surface area contributed by atoms with E-state index in [9.17, 15) is 0 Å². The van der Waals surface area contributed by atoms with E-state index in [2.05, 4.69) is 15.1 Å². The lowest BCUT2D eigenvalue weighted by atomic mass is 10.1. The molecule has 0 aromatic carbocycles. The van der Waals surface area contributed by atoms with Crippen LogP contribution in [-0.4, -0.2) is 19.7 Å². The predicted molar refractivity (Wildman–Crippen MR) is 79.7 cm³/mol. The first-order valence-corrected chi connectivity index (χ1v) is 7.22. The molecule has 2 heterocycles. The quantitative estimate of drug-likeness (QED) is 0.919. The van der Waals surface area contributed by atoms with Gasteiger partial charge < -0.3 is 5.73 Å². The van der Waals surface area contributed by atoms with Gasteiger partial charge in [0.25, 0.3) is 0 Å². The Kier molecular flexibility index (Phi) is 4.73. The van der Waals surface area contributed by atoms with Gasteiger partial charge in [0.05, 0.1) is 40.0 Å². The van der Waals surface area contributed by atoms with E-state index in [1.54, 1.807) is 12.4 Å². The first kappa shape index (κ1) is 14.9. The van der Waals surface area contributed by atoms with Crippen molar-refractivity contribution >= 4 is 11.6 Å². The second-order valence-electron chi connectivity index (χ2n) is 4.77. The maximum atomic E-state index is 6.39. The molecular formula is C14H20ClN5. The third kappa shape index (κ3) is 2.99. The molecule has 1 unspecified atom stereocenters. The van der Waals surface area contributed by atoms with Crippen LogP contribution in [0.1, 0.15) is 42.7 Å². The summed E-state index contributed by atoms with van der Waals surface area (Å²) in [6.45, 7) is 6.77. The van der Waals surface area contributed by atoms with Crippen molar-refractivity contribution in [1.29, 1.82) is 0 Å². The van der Waals surface area contributed by atoms with Crippen LogP contribution in [0.2, 0.25) is 5.02 Å². The number of aromatic nitrogens is 4. The molecule has 0 fully saturated rings. The number of nitrogens with two attached hydrogens (primary N) is 1. The summed E-state index contributed by atoms with van der Waals surface area (Å²) in [6, 6.07) is -0.229. The smallest absolute Gasteiger partial charge is 0.0850 e. The van der Waals surface area contributed by atoms with E-state index < -0.39 is 0 Å². The molecule has 2 aromatic heterocycles. The molecule has 2 aromatic rings. The van der Waals surface area contributed by atoms with Crippen molar-refractivity contribution in [2.24, 2.45) is 5.73 Å². The fourth-order valence-electron chi connectivity index (χ4n) is 2.12. The summed E-state index contributed by atoms with van der Waals surface area (Å²) < 4.78 is 1.92. The van der Waals surface area contributed by atoms with Gasteiger partial charge in [-0.3, -0.25) is 14.6 Å². The van der Waals surface area contributed by atoms with Crippen LogP contribution in [0.4, 0.5) is 0 Å². The van der Waals surface area contributed by atoms with Crippen molar-refractivity contribution in [3.05, 3.63) is 40.2 Å². The van der Waals surface area contributed by atoms with Gasteiger partial charge in [-0.15, -0.1) is 0 Å². The van der Waals surface area contributed by atoms with E-state index in [-0.39, 0.29) is 6.04 Å². The van der Waals surface area contributed by atoms with Gasteiger partial charge in [-0.25, -0.2) is 0 Å². The van der Waals surface area contributed by atoms with Crippen molar-refractivity contribution in [3.63, 3.8) is 0 Å². The molecule has 2 N–H and O–H groups in total. The van der Waals surface area contributed by atoms with Crippen molar-refractivity contribution in [1.82, 2.24) is 19.7 Å². The molecule has 1 atom stereocenters. The second kappa shape index (κ2) is 6.33. The van der Waals surface area contributed by atoms with E-state index in [1.807, 2.05) is 25.5 Å². The summed E-state index contributed by atoms with van der Waals surface area (Å²) in [4.78, 5) is 8.56. The van der Waals surface area contributed by atoms with Crippen LogP contribution < -0.4 is 5.73 Å². The molecule has 6 heteroatoms. The van der Waals surface area contributed by atoms with Gasteiger partial charge in [0.2, 0.25) is 0 Å². The zero-order chi connectivity index (χ0) is 14.7. The normalized spacial score (nSPS) is 12.7. The Bertz CT molecular complexity index is 576. The van der Waals surface area contributed by atoms with Gasteiger partial charge in [-0.05, 0) is 20.3 Å². The zero-order valence-corrected chi connectivity index (χ0v) is 12.9. The molecule has 0 saturated carbocycles. The summed E-state index contributed by atoms with van der Waals surface area (Å²) in [6.07, 6.45) is 4.88. The Morgan fingerprint density at radius 3 is 2.60 bits per heavy atom. The summed E-state index contributed by atoms with van der Waals surface area (Å²) >= 11 is 6.39. The predicted octanol–water partition coefficient (Wildman–Crippen LogP) is 2.46. The first-order valence-electron chi connectivity index (χ1n) is 6.84. The molecule has 5 nitrogen and oxygen atoms in total. The standard InChI is InChI=1S/C14H20ClN5/c1-4-11-14(15)13(20(5-2)19-11)6-10(16)12-8-17-9(3)7-18-12/h7-8,10H,4-6,16H2,1-3H3. The fraction of sp³-hybridized carbons (Fsp3) is 0.500. The molecule has 0 saturated heterocycles. The molecule has 0 aliphatic heterocycles. The number of rotatable bonds is 5. The van der Waals surface area contributed by atoms with Gasteiger partial charge >= 0.3 is 0 Å². The molecule has 0 bridgehead atoms. The molecule has 108 valence electrons. The molecule has 2 rings (SSSR count). The van der Waals surface area contributed by atoms with E-state index in [4.69, 9.17) is 17.3 Å². The highest BCUT2D eigenvalue weighted by molar-refractivity contribution is 6.31. The Morgan fingerprint density at radius 2 is 2.05 bits per heavy atom. The van der Waals surface area contributed by atoms with Crippen LogP contribution in [0.15, 0.2) is 12.4 Å². The molecule has 0 amide bonds. The number of hydrogen-bond donors (Lipinski definition) is 1. The molecule has 0 aliphatic carbocycles. The van der Waals surface area contributed by atoms with Crippen LogP contribution in [0, 0.1) is 6.92 Å². The third-order valence-corrected chi connectivity index (χ3v) is 3.72. The second-order valence-corrected chi connectivity index (χ2v) is 5.15. The van der Waals surface area contributed by atoms with E-state index in [1.165, 1.54) is 0 Å². The van der Waals surface area contributed by atoms with Crippen LogP contribution in [0.5, 0.6) is 0 Å². The molecule has 20 heavy (non-hydrogen) atoms. The minimum Gasteiger partial charge on any atom is -0.322 e. The lowest BCUT2D eigenvalue weighted by molar-refractivity contribution is 0.579. The van der Waals surface area contributed by atoms with E-state index in [0.717, 1.165) is 40.8 Å². The Labute approximate surface area is 124 Å². The average molecular weight is 294 g/mol. The van der Waals surface area contributed by atoms with E-state index in [0.29, 0.717) is 6.42 Å². The number of aryl methyl sites for hydroxylation is 3. The lowest BCUT2D eigenvalue weighted by Crippen LogP contribution is -2.18. The molecule has 0 radical (unpaired) electrons. The zero-order valence-electron chi connectivity index (χ0n) is 12.1. The largest absolute Gasteiger partial charge is 0.322 e. The maximum Gasteiger partial charge on any atom is 0.0850 e. The monoisotopic (exact) mass is 293 g/mol. The highest BCUT2D eigenvalue weighted by Gasteiger charge is 2.18. The number of nitrogens with zero attached hydrogens (tertiary/aromatic N) is 4. The van der Waals surface area contributed by atoms with Crippen molar-refractivity contribution in [2.75, 3.05) is 0 Å². The average Bonchev–Trinajstić information content (AvgIpc) is 2.76. The summed E-state index contributed by atoms with van der Waals surface area (Å²) in [5, 5.41) is 5.23. The topological polar surface area (TPSA) is 69.6 Å². The van der Waals surface area contributed by atoms with Crippen molar-refractivity contribution < 1.29 is 0 Å². The van der Waals surface area contributed by atoms with Crippen LogP contribution in [0.25, 0.3) is 0 Å². The minimum atomic E-state index is -0.229. The highest BCUT2D eigenvalue weighted by Crippen LogP contribution is 2.25. The summed E-state index contributed by atoms with van der Waals surface area (Å²) in [5.74, 6) is 0. The maximum absolute atomic E-state index is 6.39. The van der Waals surface area contributed by atoms with Crippen LogP contribution in [-0.2, 0) is 19.4 Å². The van der Waals surface area contributed by atoms with Crippen LogP contribution in [0.3, 0.4) is 0 Å². The molecule has 0 spiro atoms. The van der Waals surface area contributed by atoms with Gasteiger partial charge in [-0.2, -0.15) is 5.10 Å². The summed E-state index contributed by atoms with van der Waals surface area (Å²) in [7, 11) is 0. The van der Waals surface area contributed by atoms with Crippen molar-refractivity contribution in [3.8, 4) is 0 Å². The fourth-order valence-corrected chi connectivity index (χ4v) is 2.47. The Balaban J connectivity index is 2.25. The van der Waals surface area contributed by atoms with E-state index >= 15 is 0 Å². The number of halogens is 1. The highest BCUT2D eigenvalue weighted by atomic mass is 35.5. The van der Waals surface area contributed by atoms with Gasteiger partial charge in [0.1, 0.15) is 0 Å². The minimum absolute atomic E-state index is 0.229. The Hall–Kier alpha value is -1.46. The van der Waals surface area contributed by atoms with Crippen molar-refractivity contribution in [2.45, 2.75) is 46.2 Å². The lowest BCUT2D eigenvalue weighted by Gasteiger charge is -2.12. The van der Waals surface area contributed by atoms with Gasteiger partial charge in [0, 0.05) is 19.2 Å². The molecular weight excluding hydrogens is 274 g/mol. The van der Waals surface area contributed by atoms with Gasteiger partial charge in [-0.1, -0.05) is 18.5 Å². The number of hydrogen-bond acceptors (Lipinski definition) is 4. The first-order chi connectivity index (χ1) is 9.56. The Morgan fingerprint density at radius 1 is 1.30 bits per heavy atom. The SMILES string of the molecule is CCc1nn(CC)c(CC(N)c2cnc(C)cn2)c1Cl. The van der Waals surface area contributed by atoms with Crippen LogP contribution >= 0.6 is 11.6 Å². The summed E-state index contributed by atoms with van der Waals surface area (Å²) in [5.41, 5.74) is 9.77. The third-order valence-electron chi connectivity index (χ3n) is 3.29. The van der Waals surface area contributed by atoms with Gasteiger partial charge in [0.15, 0.2) is 0 Å².